The Hall–Kier alpha value is -2.69. The number of ether oxygens (including phenoxy) is 3. The molecule has 0 aromatic heterocycles. The molecule has 0 radical (unpaired) electrons. The minimum absolute atomic E-state index is 0. The molecule has 0 aliphatic heterocycles. The summed E-state index contributed by atoms with van der Waals surface area (Å²) in [6.07, 6.45) is 0.867. The molecule has 0 aliphatic carbocycles. The van der Waals surface area contributed by atoms with Crippen molar-refractivity contribution in [1.29, 1.82) is 0 Å². The standard InChI is InChI=1S/C24H27NO3.ClH/c1-26-22-11-7-6-10-21(22)18-25-17-20-12-13-23(24(16-20)27-2)28-15-14-19-8-4-3-5-9-19;/h3-13,16,25H,14-15,17-18H2,1-2H3;1H. The van der Waals surface area contributed by atoms with Gasteiger partial charge in [0.05, 0.1) is 20.8 Å². The second-order valence-corrected chi connectivity index (χ2v) is 6.48. The van der Waals surface area contributed by atoms with Gasteiger partial charge in [-0.2, -0.15) is 0 Å². The highest BCUT2D eigenvalue weighted by molar-refractivity contribution is 5.85. The van der Waals surface area contributed by atoms with Crippen LogP contribution in [0.4, 0.5) is 0 Å². The summed E-state index contributed by atoms with van der Waals surface area (Å²) in [4.78, 5) is 0. The molecular formula is C24H28ClNO3. The second kappa shape index (κ2) is 12.0. The Morgan fingerprint density at radius 1 is 0.690 bits per heavy atom. The van der Waals surface area contributed by atoms with E-state index < -0.39 is 0 Å². The fraction of sp³-hybridized carbons (Fsp3) is 0.250. The SMILES string of the molecule is COc1ccccc1CNCc1ccc(OCCc2ccccc2)c(OC)c1.Cl. The van der Waals surface area contributed by atoms with Crippen LogP contribution in [-0.4, -0.2) is 20.8 Å². The topological polar surface area (TPSA) is 39.7 Å². The quantitative estimate of drug-likeness (QED) is 0.505. The summed E-state index contributed by atoms with van der Waals surface area (Å²) in [7, 11) is 3.37. The summed E-state index contributed by atoms with van der Waals surface area (Å²) >= 11 is 0. The lowest BCUT2D eigenvalue weighted by Crippen LogP contribution is -2.13. The van der Waals surface area contributed by atoms with Gasteiger partial charge in [0.25, 0.3) is 0 Å². The van der Waals surface area contributed by atoms with Crippen molar-refractivity contribution >= 4 is 12.4 Å². The zero-order valence-electron chi connectivity index (χ0n) is 16.9. The third kappa shape index (κ3) is 6.70. The van der Waals surface area contributed by atoms with Gasteiger partial charge in [0.1, 0.15) is 5.75 Å². The number of para-hydroxylation sites is 1. The van der Waals surface area contributed by atoms with Gasteiger partial charge in [-0.15, -0.1) is 12.4 Å². The number of nitrogens with one attached hydrogen (secondary N) is 1. The molecule has 3 rings (SSSR count). The van der Waals surface area contributed by atoms with Crippen molar-refractivity contribution in [2.45, 2.75) is 19.5 Å². The summed E-state index contributed by atoms with van der Waals surface area (Å²) in [5.41, 5.74) is 3.54. The monoisotopic (exact) mass is 413 g/mol. The highest BCUT2D eigenvalue weighted by Crippen LogP contribution is 2.28. The molecule has 3 aromatic rings. The van der Waals surface area contributed by atoms with Gasteiger partial charge in [0.15, 0.2) is 11.5 Å². The van der Waals surface area contributed by atoms with E-state index >= 15 is 0 Å². The van der Waals surface area contributed by atoms with E-state index in [4.69, 9.17) is 14.2 Å². The lowest BCUT2D eigenvalue weighted by atomic mass is 10.1. The van der Waals surface area contributed by atoms with Crippen LogP contribution in [-0.2, 0) is 19.5 Å². The number of rotatable bonds is 10. The molecule has 29 heavy (non-hydrogen) atoms. The molecule has 0 saturated heterocycles. The Balaban J connectivity index is 0.00000300. The Morgan fingerprint density at radius 2 is 1.41 bits per heavy atom. The second-order valence-electron chi connectivity index (χ2n) is 6.48. The van der Waals surface area contributed by atoms with E-state index in [1.54, 1.807) is 14.2 Å². The van der Waals surface area contributed by atoms with E-state index in [1.165, 1.54) is 5.56 Å². The Labute approximate surface area is 179 Å². The Bertz CT molecular complexity index is 871. The average molecular weight is 414 g/mol. The van der Waals surface area contributed by atoms with Crippen LogP contribution in [0.25, 0.3) is 0 Å². The van der Waals surface area contributed by atoms with Crippen molar-refractivity contribution in [3.05, 3.63) is 89.5 Å². The molecule has 0 aliphatic rings. The van der Waals surface area contributed by atoms with Crippen molar-refractivity contribution in [3.63, 3.8) is 0 Å². The lowest BCUT2D eigenvalue weighted by Gasteiger charge is -2.13. The summed E-state index contributed by atoms with van der Waals surface area (Å²) in [6, 6.07) is 24.4. The van der Waals surface area contributed by atoms with E-state index in [2.05, 4.69) is 29.6 Å². The molecule has 0 amide bonds. The number of methoxy groups -OCH3 is 2. The smallest absolute Gasteiger partial charge is 0.161 e. The van der Waals surface area contributed by atoms with Gasteiger partial charge in [0, 0.05) is 25.1 Å². The maximum atomic E-state index is 5.93. The molecule has 5 heteroatoms. The molecule has 154 valence electrons. The van der Waals surface area contributed by atoms with Gasteiger partial charge in [-0.05, 0) is 29.3 Å². The molecule has 1 N–H and O–H groups in total. The minimum Gasteiger partial charge on any atom is -0.496 e. The fourth-order valence-electron chi connectivity index (χ4n) is 3.06. The van der Waals surface area contributed by atoms with E-state index in [0.29, 0.717) is 6.61 Å². The molecule has 0 heterocycles. The van der Waals surface area contributed by atoms with Crippen LogP contribution in [0, 0.1) is 0 Å². The zero-order valence-corrected chi connectivity index (χ0v) is 17.7. The number of hydrogen-bond donors (Lipinski definition) is 1. The normalized spacial score (nSPS) is 10.1. The van der Waals surface area contributed by atoms with Crippen molar-refractivity contribution in [3.8, 4) is 17.2 Å². The molecular weight excluding hydrogens is 386 g/mol. The van der Waals surface area contributed by atoms with Crippen LogP contribution >= 0.6 is 12.4 Å². The van der Waals surface area contributed by atoms with Gasteiger partial charge in [-0.1, -0.05) is 54.6 Å². The predicted octanol–water partition coefficient (Wildman–Crippen LogP) is 5.04. The first-order chi connectivity index (χ1) is 13.8. The molecule has 3 aromatic carbocycles. The molecule has 0 unspecified atom stereocenters. The lowest BCUT2D eigenvalue weighted by molar-refractivity contribution is 0.297. The highest BCUT2D eigenvalue weighted by Gasteiger charge is 2.07. The maximum Gasteiger partial charge on any atom is 0.161 e. The van der Waals surface area contributed by atoms with Gasteiger partial charge in [-0.3, -0.25) is 0 Å². The van der Waals surface area contributed by atoms with Gasteiger partial charge in [-0.25, -0.2) is 0 Å². The largest absolute Gasteiger partial charge is 0.496 e. The highest BCUT2D eigenvalue weighted by atomic mass is 35.5. The van der Waals surface area contributed by atoms with E-state index in [-0.39, 0.29) is 12.4 Å². The number of benzene rings is 3. The minimum atomic E-state index is 0. The Morgan fingerprint density at radius 3 is 2.17 bits per heavy atom. The van der Waals surface area contributed by atoms with Crippen molar-refractivity contribution in [1.82, 2.24) is 5.32 Å². The van der Waals surface area contributed by atoms with Gasteiger partial charge < -0.3 is 19.5 Å². The fourth-order valence-corrected chi connectivity index (χ4v) is 3.06. The summed E-state index contributed by atoms with van der Waals surface area (Å²) in [5.74, 6) is 2.42. The molecule has 0 fully saturated rings. The van der Waals surface area contributed by atoms with Crippen molar-refractivity contribution in [2.75, 3.05) is 20.8 Å². The van der Waals surface area contributed by atoms with Crippen LogP contribution in [0.2, 0.25) is 0 Å². The summed E-state index contributed by atoms with van der Waals surface area (Å²) in [5, 5.41) is 3.45. The third-order valence-electron chi connectivity index (χ3n) is 4.56. The van der Waals surface area contributed by atoms with Gasteiger partial charge in [0.2, 0.25) is 0 Å². The molecule has 0 spiro atoms. The van der Waals surface area contributed by atoms with Crippen LogP contribution < -0.4 is 19.5 Å². The van der Waals surface area contributed by atoms with E-state index in [0.717, 1.165) is 47.9 Å². The summed E-state index contributed by atoms with van der Waals surface area (Å²) in [6.45, 7) is 2.09. The molecule has 0 saturated carbocycles. The Kier molecular flexibility index (Phi) is 9.35. The van der Waals surface area contributed by atoms with Gasteiger partial charge >= 0.3 is 0 Å². The number of halogens is 1. The first kappa shape index (κ1) is 22.6. The van der Waals surface area contributed by atoms with Crippen molar-refractivity contribution in [2.24, 2.45) is 0 Å². The van der Waals surface area contributed by atoms with Crippen LogP contribution in [0.1, 0.15) is 16.7 Å². The van der Waals surface area contributed by atoms with E-state index in [9.17, 15) is 0 Å². The van der Waals surface area contributed by atoms with Crippen molar-refractivity contribution < 1.29 is 14.2 Å². The molecule has 0 atom stereocenters. The molecule has 4 nitrogen and oxygen atoms in total. The summed E-state index contributed by atoms with van der Waals surface area (Å²) < 4.78 is 16.8. The average Bonchev–Trinajstić information content (AvgIpc) is 2.75. The predicted molar refractivity (Wildman–Crippen MR) is 119 cm³/mol. The first-order valence-electron chi connectivity index (χ1n) is 9.46. The maximum absolute atomic E-state index is 5.93. The number of hydrogen-bond acceptors (Lipinski definition) is 4. The zero-order chi connectivity index (χ0) is 19.6. The first-order valence-corrected chi connectivity index (χ1v) is 9.46. The van der Waals surface area contributed by atoms with Crippen LogP contribution in [0.3, 0.4) is 0 Å². The molecule has 0 bridgehead atoms. The van der Waals surface area contributed by atoms with Crippen LogP contribution in [0.15, 0.2) is 72.8 Å². The third-order valence-corrected chi connectivity index (χ3v) is 4.56. The van der Waals surface area contributed by atoms with Crippen LogP contribution in [0.5, 0.6) is 17.2 Å². The van der Waals surface area contributed by atoms with E-state index in [1.807, 2.05) is 48.5 Å².